The van der Waals surface area contributed by atoms with Crippen LogP contribution in [0.15, 0.2) is 60.0 Å². The standard InChI is InChI=1S/C17H19NO3S/c1-15-6-5-9-17(14-15)21-12-11-18-22(19,20)13-10-16-7-3-2-4-8-16/h2-10,13-14,18H,11-12H2,1H3/b13-10+. The lowest BCUT2D eigenvalue weighted by molar-refractivity contribution is 0.323. The first-order chi connectivity index (χ1) is 10.6. The third-order valence-electron chi connectivity index (χ3n) is 2.90. The molecule has 0 aliphatic carbocycles. The third kappa shape index (κ3) is 5.71. The molecule has 0 spiro atoms. The molecule has 0 radical (unpaired) electrons. The molecule has 0 amide bonds. The first kappa shape index (κ1) is 16.3. The van der Waals surface area contributed by atoms with Gasteiger partial charge in [0.1, 0.15) is 12.4 Å². The molecule has 2 rings (SSSR count). The molecule has 4 nitrogen and oxygen atoms in total. The largest absolute Gasteiger partial charge is 0.492 e. The predicted octanol–water partition coefficient (Wildman–Crippen LogP) is 2.96. The third-order valence-corrected chi connectivity index (χ3v) is 4.00. The minimum absolute atomic E-state index is 0.218. The molecule has 0 saturated heterocycles. The molecule has 116 valence electrons. The van der Waals surface area contributed by atoms with Crippen LogP contribution in [0.1, 0.15) is 11.1 Å². The van der Waals surface area contributed by atoms with Crippen LogP contribution in [0, 0.1) is 6.92 Å². The van der Waals surface area contributed by atoms with E-state index in [1.807, 2.05) is 61.5 Å². The van der Waals surface area contributed by atoms with Gasteiger partial charge in [-0.2, -0.15) is 0 Å². The van der Waals surface area contributed by atoms with Crippen molar-refractivity contribution in [3.05, 3.63) is 71.1 Å². The van der Waals surface area contributed by atoms with E-state index in [1.165, 1.54) is 0 Å². The highest BCUT2D eigenvalue weighted by Gasteiger charge is 2.04. The maximum atomic E-state index is 11.8. The van der Waals surface area contributed by atoms with Gasteiger partial charge < -0.3 is 4.74 Å². The quantitative estimate of drug-likeness (QED) is 0.799. The van der Waals surface area contributed by atoms with Gasteiger partial charge in [0, 0.05) is 12.0 Å². The highest BCUT2D eigenvalue weighted by molar-refractivity contribution is 7.92. The highest BCUT2D eigenvalue weighted by atomic mass is 32.2. The molecule has 2 aromatic carbocycles. The highest BCUT2D eigenvalue weighted by Crippen LogP contribution is 2.11. The zero-order valence-corrected chi connectivity index (χ0v) is 13.2. The summed E-state index contributed by atoms with van der Waals surface area (Å²) >= 11 is 0. The molecule has 22 heavy (non-hydrogen) atoms. The Hall–Kier alpha value is -2.11. The molecule has 0 heterocycles. The van der Waals surface area contributed by atoms with Crippen LogP contribution in [0.3, 0.4) is 0 Å². The maximum absolute atomic E-state index is 11.8. The average molecular weight is 317 g/mol. The van der Waals surface area contributed by atoms with Crippen molar-refractivity contribution >= 4 is 16.1 Å². The molecule has 0 aromatic heterocycles. The molecule has 2 aromatic rings. The number of hydrogen-bond donors (Lipinski definition) is 1. The number of sulfonamides is 1. The van der Waals surface area contributed by atoms with Crippen molar-refractivity contribution in [3.8, 4) is 5.75 Å². The van der Waals surface area contributed by atoms with Crippen molar-refractivity contribution in [1.82, 2.24) is 4.72 Å². The van der Waals surface area contributed by atoms with Crippen molar-refractivity contribution in [2.24, 2.45) is 0 Å². The first-order valence-corrected chi connectivity index (χ1v) is 8.52. The number of aryl methyl sites for hydroxylation is 1. The predicted molar refractivity (Wildman–Crippen MR) is 89.1 cm³/mol. The zero-order chi connectivity index (χ0) is 15.8. The maximum Gasteiger partial charge on any atom is 0.233 e. The van der Waals surface area contributed by atoms with Gasteiger partial charge in [0.25, 0.3) is 0 Å². The second-order valence-corrected chi connectivity index (χ2v) is 6.47. The smallest absolute Gasteiger partial charge is 0.233 e. The second kappa shape index (κ2) is 7.77. The van der Waals surface area contributed by atoms with Crippen LogP contribution in [0.25, 0.3) is 6.08 Å². The Balaban J connectivity index is 1.79. The molecule has 0 bridgehead atoms. The van der Waals surface area contributed by atoms with E-state index in [-0.39, 0.29) is 13.2 Å². The summed E-state index contributed by atoms with van der Waals surface area (Å²) in [7, 11) is -3.45. The number of rotatable bonds is 7. The van der Waals surface area contributed by atoms with E-state index in [1.54, 1.807) is 6.08 Å². The van der Waals surface area contributed by atoms with E-state index in [9.17, 15) is 8.42 Å². The fourth-order valence-electron chi connectivity index (χ4n) is 1.84. The molecule has 0 aliphatic rings. The lowest BCUT2D eigenvalue weighted by Gasteiger charge is -2.07. The molecule has 5 heteroatoms. The molecular weight excluding hydrogens is 298 g/mol. The van der Waals surface area contributed by atoms with Gasteiger partial charge in [-0.3, -0.25) is 0 Å². The molecule has 0 saturated carbocycles. The first-order valence-electron chi connectivity index (χ1n) is 6.97. The van der Waals surface area contributed by atoms with Gasteiger partial charge in [-0.15, -0.1) is 0 Å². The van der Waals surface area contributed by atoms with Crippen molar-refractivity contribution in [1.29, 1.82) is 0 Å². The van der Waals surface area contributed by atoms with Gasteiger partial charge in [-0.1, -0.05) is 42.5 Å². The summed E-state index contributed by atoms with van der Waals surface area (Å²) in [6.07, 6.45) is 1.56. The summed E-state index contributed by atoms with van der Waals surface area (Å²) < 4.78 is 31.6. The van der Waals surface area contributed by atoms with Crippen molar-refractivity contribution in [3.63, 3.8) is 0 Å². The summed E-state index contributed by atoms with van der Waals surface area (Å²) in [5, 5.41) is 1.16. The van der Waals surface area contributed by atoms with Gasteiger partial charge in [0.05, 0.1) is 0 Å². The van der Waals surface area contributed by atoms with Crippen LogP contribution in [-0.2, 0) is 10.0 Å². The summed E-state index contributed by atoms with van der Waals surface area (Å²) in [4.78, 5) is 0. The molecule has 0 unspecified atom stereocenters. The number of benzene rings is 2. The minimum Gasteiger partial charge on any atom is -0.492 e. The Labute approximate surface area is 131 Å². The number of ether oxygens (including phenoxy) is 1. The Kier molecular flexibility index (Phi) is 5.75. The van der Waals surface area contributed by atoms with Crippen LogP contribution < -0.4 is 9.46 Å². The second-order valence-electron chi connectivity index (χ2n) is 4.82. The fourth-order valence-corrected chi connectivity index (χ4v) is 2.64. The van der Waals surface area contributed by atoms with E-state index < -0.39 is 10.0 Å². The van der Waals surface area contributed by atoms with E-state index in [0.29, 0.717) is 0 Å². The zero-order valence-electron chi connectivity index (χ0n) is 12.4. The van der Waals surface area contributed by atoms with Crippen LogP contribution in [0.5, 0.6) is 5.75 Å². The van der Waals surface area contributed by atoms with Crippen LogP contribution in [0.2, 0.25) is 0 Å². The Morgan fingerprint density at radius 2 is 1.86 bits per heavy atom. The molecular formula is C17H19NO3S. The van der Waals surface area contributed by atoms with Gasteiger partial charge in [-0.05, 0) is 36.3 Å². The summed E-state index contributed by atoms with van der Waals surface area (Å²) in [6.45, 7) is 2.47. The van der Waals surface area contributed by atoms with E-state index in [4.69, 9.17) is 4.74 Å². The van der Waals surface area contributed by atoms with Crippen molar-refractivity contribution in [2.75, 3.05) is 13.2 Å². The van der Waals surface area contributed by atoms with Gasteiger partial charge >= 0.3 is 0 Å². The Morgan fingerprint density at radius 1 is 1.09 bits per heavy atom. The van der Waals surface area contributed by atoms with Crippen molar-refractivity contribution in [2.45, 2.75) is 6.92 Å². The van der Waals surface area contributed by atoms with E-state index in [0.717, 1.165) is 22.3 Å². The lowest BCUT2D eigenvalue weighted by atomic mass is 10.2. The number of hydrogen-bond acceptors (Lipinski definition) is 3. The SMILES string of the molecule is Cc1cccc(OCCNS(=O)(=O)/C=C/c2ccccc2)c1. The molecule has 0 fully saturated rings. The minimum atomic E-state index is -3.45. The van der Waals surface area contributed by atoms with Crippen LogP contribution in [-0.4, -0.2) is 21.6 Å². The van der Waals surface area contributed by atoms with Gasteiger partial charge in [0.15, 0.2) is 0 Å². The monoisotopic (exact) mass is 317 g/mol. The average Bonchev–Trinajstić information content (AvgIpc) is 2.51. The molecule has 0 atom stereocenters. The normalized spacial score (nSPS) is 11.7. The number of nitrogens with one attached hydrogen (secondary N) is 1. The lowest BCUT2D eigenvalue weighted by Crippen LogP contribution is -2.26. The van der Waals surface area contributed by atoms with Gasteiger partial charge in [0.2, 0.25) is 10.0 Å². The summed E-state index contributed by atoms with van der Waals surface area (Å²) in [5.41, 5.74) is 1.94. The van der Waals surface area contributed by atoms with E-state index >= 15 is 0 Å². The van der Waals surface area contributed by atoms with E-state index in [2.05, 4.69) is 4.72 Å². The topological polar surface area (TPSA) is 55.4 Å². The Morgan fingerprint density at radius 3 is 2.59 bits per heavy atom. The molecule has 0 aliphatic heterocycles. The van der Waals surface area contributed by atoms with Gasteiger partial charge in [-0.25, -0.2) is 13.1 Å². The summed E-state index contributed by atoms with van der Waals surface area (Å²) in [6, 6.07) is 16.9. The van der Waals surface area contributed by atoms with Crippen LogP contribution in [0.4, 0.5) is 0 Å². The molecule has 1 N–H and O–H groups in total. The van der Waals surface area contributed by atoms with Crippen LogP contribution >= 0.6 is 0 Å². The van der Waals surface area contributed by atoms with Crippen molar-refractivity contribution < 1.29 is 13.2 Å². The fraction of sp³-hybridized carbons (Fsp3) is 0.176. The summed E-state index contributed by atoms with van der Waals surface area (Å²) in [5.74, 6) is 0.735. The Bertz CT molecular complexity index is 725.